The van der Waals surface area contributed by atoms with Crippen LogP contribution in [0.5, 0.6) is 0 Å². The van der Waals surface area contributed by atoms with Crippen LogP contribution in [0.25, 0.3) is 0 Å². The number of pyridine rings is 1. The Morgan fingerprint density at radius 1 is 1.42 bits per heavy atom. The molecule has 0 radical (unpaired) electrons. The Labute approximate surface area is 126 Å². The zero-order valence-electron chi connectivity index (χ0n) is 11.2. The smallest absolute Gasteiger partial charge is 0.0947 e. The average molecular weight is 340 g/mol. The van der Waals surface area contributed by atoms with Crippen LogP contribution in [0.4, 0.5) is 0 Å². The van der Waals surface area contributed by atoms with E-state index in [2.05, 4.69) is 49.6 Å². The minimum atomic E-state index is 0.274. The summed E-state index contributed by atoms with van der Waals surface area (Å²) in [5.41, 5.74) is 2.30. The van der Waals surface area contributed by atoms with E-state index >= 15 is 0 Å². The fourth-order valence-electron chi connectivity index (χ4n) is 1.92. The molecule has 0 saturated heterocycles. The standard InChI is InChI=1S/C14H18BrN3S/c1-3-4-17-13(6-14-18-10(2)9-19-14)11-5-12(15)8-16-7-11/h5,7-9,13,17H,3-4,6H2,1-2H3. The first kappa shape index (κ1) is 14.6. The Morgan fingerprint density at radius 3 is 2.89 bits per heavy atom. The minimum absolute atomic E-state index is 0.274. The number of aryl methyl sites for hydroxylation is 1. The lowest BCUT2D eigenvalue weighted by atomic mass is 10.1. The second-order valence-electron chi connectivity index (χ2n) is 4.53. The van der Waals surface area contributed by atoms with Gasteiger partial charge in [0.25, 0.3) is 0 Å². The zero-order valence-corrected chi connectivity index (χ0v) is 13.6. The fraction of sp³-hybridized carbons (Fsp3) is 0.429. The fourth-order valence-corrected chi connectivity index (χ4v) is 3.12. The van der Waals surface area contributed by atoms with Crippen molar-refractivity contribution < 1.29 is 0 Å². The third-order valence-corrected chi connectivity index (χ3v) is 4.24. The first-order chi connectivity index (χ1) is 9.19. The van der Waals surface area contributed by atoms with Gasteiger partial charge in [-0.2, -0.15) is 0 Å². The molecule has 2 aromatic rings. The molecule has 1 unspecified atom stereocenters. The largest absolute Gasteiger partial charge is 0.310 e. The summed E-state index contributed by atoms with van der Waals surface area (Å²) in [7, 11) is 0. The summed E-state index contributed by atoms with van der Waals surface area (Å²) in [5.74, 6) is 0. The Hall–Kier alpha value is -0.780. The second-order valence-corrected chi connectivity index (χ2v) is 6.39. The topological polar surface area (TPSA) is 37.8 Å². The van der Waals surface area contributed by atoms with Gasteiger partial charge in [-0.3, -0.25) is 4.98 Å². The van der Waals surface area contributed by atoms with Crippen LogP contribution in [0, 0.1) is 6.92 Å². The van der Waals surface area contributed by atoms with Crippen molar-refractivity contribution in [2.75, 3.05) is 6.54 Å². The van der Waals surface area contributed by atoms with Gasteiger partial charge in [0.2, 0.25) is 0 Å². The van der Waals surface area contributed by atoms with E-state index in [1.54, 1.807) is 11.3 Å². The third kappa shape index (κ3) is 4.37. The van der Waals surface area contributed by atoms with Gasteiger partial charge in [-0.05, 0) is 47.4 Å². The van der Waals surface area contributed by atoms with Crippen molar-refractivity contribution in [3.63, 3.8) is 0 Å². The van der Waals surface area contributed by atoms with E-state index in [4.69, 9.17) is 0 Å². The molecule has 2 aromatic heterocycles. The molecule has 0 aliphatic carbocycles. The number of aromatic nitrogens is 2. The number of thiazole rings is 1. The molecule has 0 spiro atoms. The van der Waals surface area contributed by atoms with Crippen LogP contribution in [0.1, 0.15) is 35.7 Å². The monoisotopic (exact) mass is 339 g/mol. The molecular weight excluding hydrogens is 322 g/mol. The number of hydrogen-bond donors (Lipinski definition) is 1. The Balaban J connectivity index is 2.15. The maximum absolute atomic E-state index is 4.55. The highest BCUT2D eigenvalue weighted by Crippen LogP contribution is 2.22. The van der Waals surface area contributed by atoms with Gasteiger partial charge in [0, 0.05) is 40.4 Å². The summed E-state index contributed by atoms with van der Waals surface area (Å²) in [6.07, 6.45) is 5.78. The van der Waals surface area contributed by atoms with Crippen molar-refractivity contribution in [3.05, 3.63) is 44.6 Å². The van der Waals surface area contributed by atoms with Gasteiger partial charge in [-0.25, -0.2) is 4.98 Å². The normalized spacial score (nSPS) is 12.6. The Bertz CT molecular complexity index is 527. The molecule has 2 heterocycles. The van der Waals surface area contributed by atoms with Gasteiger partial charge >= 0.3 is 0 Å². The minimum Gasteiger partial charge on any atom is -0.310 e. The number of nitrogens with zero attached hydrogens (tertiary/aromatic N) is 2. The van der Waals surface area contributed by atoms with Crippen molar-refractivity contribution in [3.8, 4) is 0 Å². The molecule has 0 aromatic carbocycles. The summed E-state index contributed by atoms with van der Waals surface area (Å²) in [6, 6.07) is 2.40. The lowest BCUT2D eigenvalue weighted by molar-refractivity contribution is 0.526. The van der Waals surface area contributed by atoms with Crippen LogP contribution in [0.15, 0.2) is 28.3 Å². The summed E-state index contributed by atoms with van der Waals surface area (Å²) in [5, 5.41) is 6.85. The molecule has 2 rings (SSSR count). The molecule has 3 nitrogen and oxygen atoms in total. The van der Waals surface area contributed by atoms with Gasteiger partial charge in [0.15, 0.2) is 0 Å². The lowest BCUT2D eigenvalue weighted by Gasteiger charge is -2.17. The Morgan fingerprint density at radius 2 is 2.26 bits per heavy atom. The molecule has 0 aliphatic heterocycles. The predicted molar refractivity (Wildman–Crippen MR) is 83.5 cm³/mol. The summed E-state index contributed by atoms with van der Waals surface area (Å²) in [4.78, 5) is 8.81. The summed E-state index contributed by atoms with van der Waals surface area (Å²) >= 11 is 5.21. The van der Waals surface area contributed by atoms with Gasteiger partial charge in [-0.15, -0.1) is 11.3 Å². The van der Waals surface area contributed by atoms with Gasteiger partial charge < -0.3 is 5.32 Å². The predicted octanol–water partition coefficient (Wildman–Crippen LogP) is 3.89. The molecular formula is C14H18BrN3S. The number of nitrogens with one attached hydrogen (secondary N) is 1. The van der Waals surface area contributed by atoms with Crippen molar-refractivity contribution in [1.29, 1.82) is 0 Å². The van der Waals surface area contributed by atoms with E-state index in [9.17, 15) is 0 Å². The van der Waals surface area contributed by atoms with Crippen LogP contribution in [-0.2, 0) is 6.42 Å². The van der Waals surface area contributed by atoms with Crippen LogP contribution in [0.2, 0.25) is 0 Å². The average Bonchev–Trinajstić information content (AvgIpc) is 2.80. The van der Waals surface area contributed by atoms with E-state index in [1.807, 2.05) is 19.3 Å². The van der Waals surface area contributed by atoms with E-state index < -0.39 is 0 Å². The molecule has 19 heavy (non-hydrogen) atoms. The number of halogens is 1. The van der Waals surface area contributed by atoms with Crippen molar-refractivity contribution in [2.24, 2.45) is 0 Å². The molecule has 0 bridgehead atoms. The molecule has 102 valence electrons. The van der Waals surface area contributed by atoms with Crippen molar-refractivity contribution in [1.82, 2.24) is 15.3 Å². The quantitative estimate of drug-likeness (QED) is 0.867. The van der Waals surface area contributed by atoms with Gasteiger partial charge in [-0.1, -0.05) is 6.92 Å². The summed E-state index contributed by atoms with van der Waals surface area (Å²) in [6.45, 7) is 5.22. The molecule has 0 amide bonds. The van der Waals surface area contributed by atoms with Crippen LogP contribution in [-0.4, -0.2) is 16.5 Å². The van der Waals surface area contributed by atoms with Gasteiger partial charge in [0.1, 0.15) is 0 Å². The zero-order chi connectivity index (χ0) is 13.7. The highest BCUT2D eigenvalue weighted by molar-refractivity contribution is 9.10. The van der Waals surface area contributed by atoms with Crippen LogP contribution >= 0.6 is 27.3 Å². The maximum Gasteiger partial charge on any atom is 0.0947 e. The second kappa shape index (κ2) is 7.12. The first-order valence-electron chi connectivity index (χ1n) is 6.44. The van der Waals surface area contributed by atoms with E-state index in [0.29, 0.717) is 0 Å². The molecule has 0 saturated carbocycles. The first-order valence-corrected chi connectivity index (χ1v) is 8.11. The lowest BCUT2D eigenvalue weighted by Crippen LogP contribution is -2.24. The van der Waals surface area contributed by atoms with E-state index in [1.165, 1.54) is 10.6 Å². The molecule has 0 fully saturated rings. The highest BCUT2D eigenvalue weighted by Gasteiger charge is 2.14. The summed E-state index contributed by atoms with van der Waals surface area (Å²) < 4.78 is 1.02. The maximum atomic E-state index is 4.55. The van der Waals surface area contributed by atoms with Crippen molar-refractivity contribution >= 4 is 27.3 Å². The number of hydrogen-bond acceptors (Lipinski definition) is 4. The van der Waals surface area contributed by atoms with Crippen LogP contribution in [0.3, 0.4) is 0 Å². The van der Waals surface area contributed by atoms with Crippen molar-refractivity contribution in [2.45, 2.75) is 32.7 Å². The number of rotatable bonds is 6. The van der Waals surface area contributed by atoms with Crippen LogP contribution < -0.4 is 5.32 Å². The van der Waals surface area contributed by atoms with E-state index in [-0.39, 0.29) is 6.04 Å². The highest BCUT2D eigenvalue weighted by atomic mass is 79.9. The molecule has 1 N–H and O–H groups in total. The molecule has 5 heteroatoms. The SMILES string of the molecule is CCCNC(Cc1nc(C)cs1)c1cncc(Br)c1. The third-order valence-electron chi connectivity index (χ3n) is 2.81. The molecule has 0 aliphatic rings. The molecule has 1 atom stereocenters. The van der Waals surface area contributed by atoms with E-state index in [0.717, 1.165) is 29.6 Å². The van der Waals surface area contributed by atoms with Gasteiger partial charge in [0.05, 0.1) is 5.01 Å². The Kier molecular flexibility index (Phi) is 5.48.